The second-order valence-electron chi connectivity index (χ2n) is 5.94. The Labute approximate surface area is 139 Å². The van der Waals surface area contributed by atoms with E-state index in [0.717, 1.165) is 0 Å². The predicted octanol–water partition coefficient (Wildman–Crippen LogP) is 4.90. The Morgan fingerprint density at radius 2 is 0.870 bits per heavy atom. The zero-order chi connectivity index (χ0) is 16.1. The van der Waals surface area contributed by atoms with Crippen molar-refractivity contribution in [2.45, 2.75) is 13.8 Å². The quantitative estimate of drug-likeness (QED) is 0.600. The molecule has 1 heteroatoms. The number of allylic oxidation sites excluding steroid dienone is 1. The van der Waals surface area contributed by atoms with Crippen LogP contribution >= 0.6 is 7.26 Å². The molecule has 0 amide bonds. The molecule has 0 nitrogen and oxygen atoms in total. The largest absolute Gasteiger partial charge is 0.136 e. The first kappa shape index (κ1) is 15.7. The van der Waals surface area contributed by atoms with E-state index in [1.807, 2.05) is 0 Å². The second-order valence-corrected chi connectivity index (χ2v) is 9.19. The summed E-state index contributed by atoms with van der Waals surface area (Å²) in [6.07, 6.45) is 0. The normalized spacial score (nSPS) is 11.0. The molecule has 0 spiro atoms. The van der Waals surface area contributed by atoms with E-state index in [-0.39, 0.29) is 0 Å². The lowest BCUT2D eigenvalue weighted by molar-refractivity contribution is 1.41. The summed E-state index contributed by atoms with van der Waals surface area (Å²) in [6.45, 7) is 4.40. The van der Waals surface area contributed by atoms with Gasteiger partial charge in [0.2, 0.25) is 0 Å². The minimum atomic E-state index is -1.77. The first-order valence-electron chi connectivity index (χ1n) is 7.95. The summed E-state index contributed by atoms with van der Waals surface area (Å²) in [5, 5.41) is 4.20. The Balaban J connectivity index is 2.38. The van der Waals surface area contributed by atoms with E-state index in [1.165, 1.54) is 21.5 Å². The van der Waals surface area contributed by atoms with Crippen LogP contribution in [0.4, 0.5) is 0 Å². The van der Waals surface area contributed by atoms with Crippen LogP contribution in [0, 0.1) is 0 Å². The first-order valence-corrected chi connectivity index (χ1v) is 9.81. The maximum Gasteiger partial charge on any atom is 0.136 e. The van der Waals surface area contributed by atoms with Crippen LogP contribution in [0.25, 0.3) is 0 Å². The van der Waals surface area contributed by atoms with Crippen LogP contribution in [0.1, 0.15) is 13.8 Å². The van der Waals surface area contributed by atoms with Gasteiger partial charge in [-0.05, 0) is 55.8 Å². The van der Waals surface area contributed by atoms with Crippen molar-refractivity contribution in [3.8, 4) is 0 Å². The highest BCUT2D eigenvalue weighted by Gasteiger charge is 2.43. The van der Waals surface area contributed by atoms with Gasteiger partial charge in [-0.3, -0.25) is 0 Å². The standard InChI is InChI=1S/C22H22P/c1-19(2)18-23(20-12-6-3-7-13-20,21-14-8-4-9-15-21)22-16-10-5-11-17-22/h3-18H,1-2H3/q+1. The van der Waals surface area contributed by atoms with E-state index in [9.17, 15) is 0 Å². The zero-order valence-corrected chi connectivity index (χ0v) is 14.6. The van der Waals surface area contributed by atoms with Gasteiger partial charge in [-0.15, -0.1) is 0 Å². The molecule has 3 rings (SSSR count). The SMILES string of the molecule is CC(C)=C[P+](c1ccccc1)(c1ccccc1)c1ccccc1. The summed E-state index contributed by atoms with van der Waals surface area (Å²) in [4.78, 5) is 0. The van der Waals surface area contributed by atoms with E-state index in [2.05, 4.69) is 111 Å². The Kier molecular flexibility index (Phi) is 4.74. The molecule has 114 valence electrons. The van der Waals surface area contributed by atoms with Gasteiger partial charge in [-0.2, -0.15) is 0 Å². The monoisotopic (exact) mass is 317 g/mol. The lowest BCUT2D eigenvalue weighted by Crippen LogP contribution is -2.29. The van der Waals surface area contributed by atoms with Crippen LogP contribution in [-0.4, -0.2) is 0 Å². The fourth-order valence-electron chi connectivity index (χ4n) is 3.05. The third kappa shape index (κ3) is 3.14. The van der Waals surface area contributed by atoms with Gasteiger partial charge in [0.05, 0.1) is 5.82 Å². The molecule has 0 aromatic heterocycles. The van der Waals surface area contributed by atoms with E-state index in [1.54, 1.807) is 0 Å². The molecule has 0 fully saturated rings. The summed E-state index contributed by atoms with van der Waals surface area (Å²) in [5.41, 5.74) is 1.36. The number of rotatable bonds is 4. The topological polar surface area (TPSA) is 0 Å². The summed E-state index contributed by atoms with van der Waals surface area (Å²) in [6, 6.07) is 32.8. The molecule has 0 saturated carbocycles. The van der Waals surface area contributed by atoms with Crippen LogP contribution in [0.3, 0.4) is 0 Å². The Hall–Kier alpha value is -2.17. The van der Waals surface area contributed by atoms with Gasteiger partial charge in [0, 0.05) is 0 Å². The van der Waals surface area contributed by atoms with Crippen LogP contribution in [0.2, 0.25) is 0 Å². The number of hydrogen-bond acceptors (Lipinski definition) is 0. The molecule has 0 N–H and O–H groups in total. The second kappa shape index (κ2) is 6.94. The maximum absolute atomic E-state index is 2.49. The molecule has 0 aliphatic rings. The van der Waals surface area contributed by atoms with Crippen molar-refractivity contribution in [3.05, 3.63) is 102 Å². The van der Waals surface area contributed by atoms with Crippen molar-refractivity contribution in [3.63, 3.8) is 0 Å². The number of hydrogen-bond donors (Lipinski definition) is 0. The average Bonchev–Trinajstić information content (AvgIpc) is 2.62. The lowest BCUT2D eigenvalue weighted by Gasteiger charge is -2.24. The molecule has 0 heterocycles. The summed E-state index contributed by atoms with van der Waals surface area (Å²) >= 11 is 0. The predicted molar refractivity (Wildman–Crippen MR) is 105 cm³/mol. The molecule has 0 atom stereocenters. The highest BCUT2D eigenvalue weighted by atomic mass is 31.2. The minimum absolute atomic E-state index is 1.36. The van der Waals surface area contributed by atoms with E-state index in [4.69, 9.17) is 0 Å². The van der Waals surface area contributed by atoms with Crippen molar-refractivity contribution in [2.24, 2.45) is 0 Å². The van der Waals surface area contributed by atoms with Gasteiger partial charge in [-0.25, -0.2) is 0 Å². The first-order chi connectivity index (χ1) is 11.2. The zero-order valence-electron chi connectivity index (χ0n) is 13.7. The van der Waals surface area contributed by atoms with Crippen molar-refractivity contribution < 1.29 is 0 Å². The van der Waals surface area contributed by atoms with Crippen LogP contribution in [0.5, 0.6) is 0 Å². The molecule has 0 saturated heterocycles. The summed E-state index contributed by atoms with van der Waals surface area (Å²) < 4.78 is 0. The van der Waals surface area contributed by atoms with Gasteiger partial charge in [0.15, 0.2) is 0 Å². The van der Waals surface area contributed by atoms with Crippen molar-refractivity contribution in [1.29, 1.82) is 0 Å². The molecule has 0 radical (unpaired) electrons. The van der Waals surface area contributed by atoms with E-state index < -0.39 is 7.26 Å². The Morgan fingerprint density at radius 1 is 0.565 bits per heavy atom. The lowest BCUT2D eigenvalue weighted by atomic mass is 10.3. The fraction of sp³-hybridized carbons (Fsp3) is 0.0909. The molecular formula is C22H22P+. The maximum atomic E-state index is 2.49. The molecule has 3 aromatic rings. The molecule has 3 aromatic carbocycles. The third-order valence-electron chi connectivity index (χ3n) is 3.94. The molecule has 0 aliphatic carbocycles. The summed E-state index contributed by atoms with van der Waals surface area (Å²) in [5.74, 6) is 2.49. The van der Waals surface area contributed by atoms with Gasteiger partial charge >= 0.3 is 0 Å². The van der Waals surface area contributed by atoms with Crippen molar-refractivity contribution in [1.82, 2.24) is 0 Å². The molecule has 0 unspecified atom stereocenters. The minimum Gasteiger partial charge on any atom is -0.0620 e. The van der Waals surface area contributed by atoms with Crippen molar-refractivity contribution in [2.75, 3.05) is 0 Å². The molecule has 0 bridgehead atoms. The highest BCUT2D eigenvalue weighted by molar-refractivity contribution is 7.98. The van der Waals surface area contributed by atoms with Crippen LogP contribution in [-0.2, 0) is 0 Å². The van der Waals surface area contributed by atoms with Crippen molar-refractivity contribution >= 4 is 23.2 Å². The smallest absolute Gasteiger partial charge is 0.0620 e. The molecule has 23 heavy (non-hydrogen) atoms. The van der Waals surface area contributed by atoms with E-state index in [0.29, 0.717) is 0 Å². The summed E-state index contributed by atoms with van der Waals surface area (Å²) in [7, 11) is -1.77. The van der Waals surface area contributed by atoms with Gasteiger partial charge in [0.1, 0.15) is 23.2 Å². The number of benzene rings is 3. The Morgan fingerprint density at radius 3 is 1.13 bits per heavy atom. The fourth-order valence-corrected chi connectivity index (χ4v) is 7.09. The molecule has 0 aliphatic heterocycles. The highest BCUT2D eigenvalue weighted by Crippen LogP contribution is 2.57. The van der Waals surface area contributed by atoms with Gasteiger partial charge < -0.3 is 0 Å². The third-order valence-corrected chi connectivity index (χ3v) is 8.18. The average molecular weight is 317 g/mol. The Bertz CT molecular complexity index is 673. The van der Waals surface area contributed by atoms with Crippen LogP contribution < -0.4 is 15.9 Å². The molecular weight excluding hydrogens is 295 g/mol. The van der Waals surface area contributed by atoms with Gasteiger partial charge in [-0.1, -0.05) is 54.6 Å². The van der Waals surface area contributed by atoms with Crippen LogP contribution in [0.15, 0.2) is 102 Å². The van der Waals surface area contributed by atoms with E-state index >= 15 is 0 Å². The van der Waals surface area contributed by atoms with Gasteiger partial charge in [0.25, 0.3) is 0 Å².